The first-order valence-corrected chi connectivity index (χ1v) is 5.50. The van der Waals surface area contributed by atoms with Crippen molar-refractivity contribution in [3.8, 4) is 0 Å². The van der Waals surface area contributed by atoms with Gasteiger partial charge in [0.2, 0.25) is 0 Å². The smallest absolute Gasteiger partial charge is 0.404 e. The molecule has 0 radical (unpaired) electrons. The molecule has 0 spiro atoms. The van der Waals surface area contributed by atoms with Crippen molar-refractivity contribution in [2.45, 2.75) is 13.0 Å². The molecular formula is C11H13BF2O3. The maximum atomic E-state index is 13.0. The Morgan fingerprint density at radius 3 is 2.59 bits per heavy atom. The molecule has 0 N–H and O–H groups in total. The van der Waals surface area contributed by atoms with E-state index in [9.17, 15) is 8.78 Å². The zero-order valence-corrected chi connectivity index (χ0v) is 9.49. The highest BCUT2D eigenvalue weighted by molar-refractivity contribution is 6.61. The average molecular weight is 242 g/mol. The molecule has 0 aromatic heterocycles. The lowest BCUT2D eigenvalue weighted by atomic mass is 9.78. The third-order valence-corrected chi connectivity index (χ3v) is 2.49. The molecule has 0 amide bonds. The van der Waals surface area contributed by atoms with Gasteiger partial charge in [-0.1, -0.05) is 6.07 Å². The highest BCUT2D eigenvalue weighted by Crippen LogP contribution is 2.08. The van der Waals surface area contributed by atoms with Gasteiger partial charge < -0.3 is 14.0 Å². The number of benzene rings is 1. The predicted molar refractivity (Wildman–Crippen MR) is 59.1 cm³/mol. The Hall–Kier alpha value is -0.975. The summed E-state index contributed by atoms with van der Waals surface area (Å²) in [7, 11) is -0.651. The minimum Gasteiger partial charge on any atom is -0.404 e. The van der Waals surface area contributed by atoms with Crippen LogP contribution < -0.4 is 5.46 Å². The fourth-order valence-corrected chi connectivity index (χ4v) is 1.67. The van der Waals surface area contributed by atoms with Gasteiger partial charge in [0, 0.05) is 6.61 Å². The van der Waals surface area contributed by atoms with Crippen LogP contribution in [0.15, 0.2) is 18.2 Å². The maximum absolute atomic E-state index is 13.0. The Labute approximate surface area is 98.8 Å². The van der Waals surface area contributed by atoms with Crippen molar-refractivity contribution in [3.05, 3.63) is 29.8 Å². The quantitative estimate of drug-likeness (QED) is 0.743. The molecule has 0 unspecified atom stereocenters. The summed E-state index contributed by atoms with van der Waals surface area (Å²) in [5, 5.41) is 0. The highest BCUT2D eigenvalue weighted by Gasteiger charge is 2.29. The normalized spacial score (nSPS) is 17.5. The molecule has 1 fully saturated rings. The fraction of sp³-hybridized carbons (Fsp3) is 0.455. The second-order valence-corrected chi connectivity index (χ2v) is 3.75. The average Bonchev–Trinajstić information content (AvgIpc) is 2.34. The summed E-state index contributed by atoms with van der Waals surface area (Å²) in [5.74, 6) is -1.78. The molecule has 2 rings (SSSR count). The van der Waals surface area contributed by atoms with E-state index in [1.54, 1.807) is 0 Å². The standard InChI is InChI=1S/C11H13BF2O3/c1-2-15-9-6-16-12(17-7-9)8-3-4-10(13)11(14)5-8/h3-5,9H,2,6-7H2,1H3. The van der Waals surface area contributed by atoms with E-state index in [4.69, 9.17) is 14.0 Å². The number of hydrogen-bond acceptors (Lipinski definition) is 3. The molecule has 6 heteroatoms. The van der Waals surface area contributed by atoms with Gasteiger partial charge in [0.25, 0.3) is 0 Å². The second-order valence-electron chi connectivity index (χ2n) is 3.75. The molecule has 1 aliphatic rings. The summed E-state index contributed by atoms with van der Waals surface area (Å²) in [4.78, 5) is 0. The van der Waals surface area contributed by atoms with Crippen LogP contribution in [0.2, 0.25) is 0 Å². The van der Waals surface area contributed by atoms with Crippen molar-refractivity contribution in [1.29, 1.82) is 0 Å². The lowest BCUT2D eigenvalue weighted by Crippen LogP contribution is -2.47. The Bertz CT molecular complexity index is 381. The Morgan fingerprint density at radius 1 is 1.29 bits per heavy atom. The predicted octanol–water partition coefficient (Wildman–Crippen LogP) is 1.11. The van der Waals surface area contributed by atoms with Gasteiger partial charge in [-0.25, -0.2) is 8.78 Å². The summed E-state index contributed by atoms with van der Waals surface area (Å²) in [5.41, 5.74) is 0.471. The molecule has 0 atom stereocenters. The molecule has 0 aliphatic carbocycles. The van der Waals surface area contributed by atoms with Crippen molar-refractivity contribution < 1.29 is 22.8 Å². The van der Waals surface area contributed by atoms with Crippen molar-refractivity contribution in [1.82, 2.24) is 0 Å². The van der Waals surface area contributed by atoms with Crippen LogP contribution in [-0.2, 0) is 14.0 Å². The van der Waals surface area contributed by atoms with E-state index in [1.165, 1.54) is 6.07 Å². The highest BCUT2D eigenvalue weighted by atomic mass is 19.2. The van der Waals surface area contributed by atoms with Gasteiger partial charge in [0.1, 0.15) is 6.10 Å². The zero-order chi connectivity index (χ0) is 12.3. The van der Waals surface area contributed by atoms with E-state index in [1.807, 2.05) is 6.92 Å². The second kappa shape index (κ2) is 5.57. The van der Waals surface area contributed by atoms with Gasteiger partial charge in [0.05, 0.1) is 13.2 Å². The largest absolute Gasteiger partial charge is 0.494 e. The van der Waals surface area contributed by atoms with Crippen LogP contribution in [0.25, 0.3) is 0 Å². The topological polar surface area (TPSA) is 27.7 Å². The van der Waals surface area contributed by atoms with Crippen LogP contribution >= 0.6 is 0 Å². The molecule has 1 heterocycles. The van der Waals surface area contributed by atoms with Crippen molar-refractivity contribution in [2.75, 3.05) is 19.8 Å². The van der Waals surface area contributed by atoms with Crippen LogP contribution in [-0.4, -0.2) is 33.0 Å². The number of rotatable bonds is 3. The molecule has 1 aromatic rings. The Kier molecular flexibility index (Phi) is 4.09. The summed E-state index contributed by atoms with van der Waals surface area (Å²) in [6.45, 7) is 3.25. The third kappa shape index (κ3) is 3.03. The molecular weight excluding hydrogens is 229 g/mol. The molecule has 1 aliphatic heterocycles. The summed E-state index contributed by atoms with van der Waals surface area (Å²) in [6.07, 6.45) is -0.0958. The van der Waals surface area contributed by atoms with Crippen LogP contribution in [0.5, 0.6) is 0 Å². The Morgan fingerprint density at radius 2 is 2.00 bits per heavy atom. The van der Waals surface area contributed by atoms with E-state index < -0.39 is 18.8 Å². The minimum atomic E-state index is -0.901. The Balaban J connectivity index is 1.98. The number of halogens is 2. The van der Waals surface area contributed by atoms with Gasteiger partial charge in [-0.05, 0) is 24.5 Å². The lowest BCUT2D eigenvalue weighted by Gasteiger charge is -2.27. The number of hydrogen-bond donors (Lipinski definition) is 0. The molecule has 3 nitrogen and oxygen atoms in total. The summed E-state index contributed by atoms with van der Waals surface area (Å²) >= 11 is 0. The SMILES string of the molecule is CCOC1COB(c2ccc(F)c(F)c2)OC1. The monoisotopic (exact) mass is 242 g/mol. The van der Waals surface area contributed by atoms with Crippen molar-refractivity contribution in [2.24, 2.45) is 0 Å². The molecule has 0 saturated carbocycles. The van der Waals surface area contributed by atoms with Crippen LogP contribution in [0.1, 0.15) is 6.92 Å². The van der Waals surface area contributed by atoms with Crippen molar-refractivity contribution in [3.63, 3.8) is 0 Å². The van der Waals surface area contributed by atoms with Gasteiger partial charge in [-0.3, -0.25) is 0 Å². The van der Waals surface area contributed by atoms with E-state index in [0.29, 0.717) is 25.3 Å². The molecule has 1 aromatic carbocycles. The molecule has 92 valence electrons. The van der Waals surface area contributed by atoms with Crippen molar-refractivity contribution >= 4 is 12.6 Å². The van der Waals surface area contributed by atoms with E-state index in [0.717, 1.165) is 12.1 Å². The van der Waals surface area contributed by atoms with Gasteiger partial charge in [-0.15, -0.1) is 0 Å². The molecule has 0 bridgehead atoms. The molecule has 1 saturated heterocycles. The summed E-state index contributed by atoms with van der Waals surface area (Å²) < 4.78 is 41.9. The van der Waals surface area contributed by atoms with E-state index >= 15 is 0 Å². The van der Waals surface area contributed by atoms with E-state index in [-0.39, 0.29) is 6.10 Å². The van der Waals surface area contributed by atoms with Crippen LogP contribution in [0.3, 0.4) is 0 Å². The number of ether oxygens (including phenoxy) is 1. The first-order chi connectivity index (χ1) is 8.20. The van der Waals surface area contributed by atoms with E-state index in [2.05, 4.69) is 0 Å². The minimum absolute atomic E-state index is 0.0958. The molecule has 17 heavy (non-hydrogen) atoms. The zero-order valence-electron chi connectivity index (χ0n) is 9.49. The fourth-order valence-electron chi connectivity index (χ4n) is 1.67. The first kappa shape index (κ1) is 12.5. The van der Waals surface area contributed by atoms with Gasteiger partial charge in [-0.2, -0.15) is 0 Å². The maximum Gasteiger partial charge on any atom is 0.494 e. The lowest BCUT2D eigenvalue weighted by molar-refractivity contribution is -0.0376. The third-order valence-electron chi connectivity index (χ3n) is 2.49. The first-order valence-electron chi connectivity index (χ1n) is 5.50. The summed E-state index contributed by atoms with van der Waals surface area (Å²) in [6, 6.07) is 3.59. The van der Waals surface area contributed by atoms with Gasteiger partial charge in [0.15, 0.2) is 11.6 Å². The van der Waals surface area contributed by atoms with Crippen LogP contribution in [0, 0.1) is 11.6 Å². The van der Waals surface area contributed by atoms with Crippen LogP contribution in [0.4, 0.5) is 8.78 Å². The van der Waals surface area contributed by atoms with Gasteiger partial charge >= 0.3 is 7.12 Å².